The van der Waals surface area contributed by atoms with Crippen molar-refractivity contribution in [3.63, 3.8) is 0 Å². The number of primary sulfonamides is 1. The minimum absolute atomic E-state index is 0.147. The van der Waals surface area contributed by atoms with Gasteiger partial charge in [-0.15, -0.1) is 11.3 Å². The van der Waals surface area contributed by atoms with Gasteiger partial charge in [-0.3, -0.25) is 0 Å². The van der Waals surface area contributed by atoms with E-state index in [1.54, 1.807) is 5.38 Å². The number of thiophene rings is 1. The summed E-state index contributed by atoms with van der Waals surface area (Å²) in [6.07, 6.45) is 0. The fraction of sp³-hybridized carbons (Fsp3) is 0. The van der Waals surface area contributed by atoms with E-state index in [0.29, 0.717) is 4.90 Å². The van der Waals surface area contributed by atoms with Crippen LogP contribution in [0.3, 0.4) is 0 Å². The highest BCUT2D eigenvalue weighted by atomic mass is 32.2. The monoisotopic (exact) mass is 333 g/mol. The molecule has 1 heterocycles. The quantitative estimate of drug-likeness (QED) is 0.895. The zero-order valence-corrected chi connectivity index (χ0v) is 12.2. The number of carboxylic acid groups (broad SMARTS) is 1. The Labute approximate surface area is 122 Å². The number of carbonyl (C=O) groups is 1. The lowest BCUT2D eigenvalue weighted by molar-refractivity contribution is 0.0702. The molecule has 2 rings (SSSR count). The van der Waals surface area contributed by atoms with Gasteiger partial charge in [0.15, 0.2) is 0 Å². The number of aromatic carboxylic acids is 1. The number of benzene rings is 1. The zero-order chi connectivity index (χ0) is 14.9. The van der Waals surface area contributed by atoms with Gasteiger partial charge in [-0.2, -0.15) is 0 Å². The van der Waals surface area contributed by atoms with E-state index in [0.717, 1.165) is 29.2 Å². The Morgan fingerprint density at radius 2 is 2.05 bits per heavy atom. The highest BCUT2D eigenvalue weighted by Crippen LogP contribution is 2.33. The molecule has 0 aliphatic heterocycles. The molecule has 0 amide bonds. The van der Waals surface area contributed by atoms with Gasteiger partial charge in [-0.05, 0) is 24.3 Å². The minimum Gasteiger partial charge on any atom is -0.477 e. The van der Waals surface area contributed by atoms with Gasteiger partial charge in [-0.1, -0.05) is 11.8 Å². The Morgan fingerprint density at radius 1 is 1.35 bits per heavy atom. The zero-order valence-electron chi connectivity index (χ0n) is 9.74. The number of hydrogen-bond donors (Lipinski definition) is 2. The van der Waals surface area contributed by atoms with Gasteiger partial charge in [0.05, 0.1) is 4.90 Å². The van der Waals surface area contributed by atoms with Gasteiger partial charge < -0.3 is 5.11 Å². The molecule has 1 aromatic carbocycles. The Morgan fingerprint density at radius 3 is 2.55 bits per heavy atom. The van der Waals surface area contributed by atoms with Gasteiger partial charge in [-0.25, -0.2) is 22.7 Å². The van der Waals surface area contributed by atoms with Crippen LogP contribution in [0.2, 0.25) is 0 Å². The molecule has 0 unspecified atom stereocenters. The second kappa shape index (κ2) is 5.52. The number of nitrogens with two attached hydrogens (primary N) is 1. The molecule has 9 heteroatoms. The summed E-state index contributed by atoms with van der Waals surface area (Å²) in [5.41, 5.74) is 0. The summed E-state index contributed by atoms with van der Waals surface area (Å²) in [6.45, 7) is 0. The normalized spacial score (nSPS) is 11.5. The van der Waals surface area contributed by atoms with Crippen LogP contribution in [-0.2, 0) is 10.0 Å². The maximum atomic E-state index is 13.8. The van der Waals surface area contributed by atoms with E-state index in [1.165, 1.54) is 18.2 Å². The third kappa shape index (κ3) is 3.37. The van der Waals surface area contributed by atoms with Crippen molar-refractivity contribution >= 4 is 39.1 Å². The van der Waals surface area contributed by atoms with E-state index < -0.39 is 21.8 Å². The Kier molecular flexibility index (Phi) is 4.14. The first-order chi connectivity index (χ1) is 9.27. The molecule has 3 N–H and O–H groups in total. The Bertz CT molecular complexity index is 770. The van der Waals surface area contributed by atoms with Gasteiger partial charge in [0.2, 0.25) is 10.0 Å². The average Bonchev–Trinajstić information content (AvgIpc) is 2.79. The molecule has 0 aliphatic rings. The van der Waals surface area contributed by atoms with Crippen LogP contribution >= 0.6 is 23.1 Å². The largest absolute Gasteiger partial charge is 0.477 e. The SMILES string of the molecule is NS(=O)(=O)c1ccc(Sc2csc(C(=O)O)c2)c(F)c1. The number of hydrogen-bond acceptors (Lipinski definition) is 5. The molecule has 0 bridgehead atoms. The fourth-order valence-electron chi connectivity index (χ4n) is 1.35. The summed E-state index contributed by atoms with van der Waals surface area (Å²) in [4.78, 5) is 11.3. The highest BCUT2D eigenvalue weighted by molar-refractivity contribution is 7.99. The number of carboxylic acids is 1. The molecule has 0 saturated carbocycles. The van der Waals surface area contributed by atoms with Crippen molar-refractivity contribution in [3.05, 3.63) is 40.3 Å². The van der Waals surface area contributed by atoms with Gasteiger partial charge >= 0.3 is 5.97 Å². The van der Waals surface area contributed by atoms with Crippen LogP contribution in [0.15, 0.2) is 44.3 Å². The van der Waals surface area contributed by atoms with Crippen molar-refractivity contribution in [1.29, 1.82) is 0 Å². The maximum Gasteiger partial charge on any atom is 0.345 e. The van der Waals surface area contributed by atoms with Crippen molar-refractivity contribution in [3.8, 4) is 0 Å². The molecular weight excluding hydrogens is 325 g/mol. The van der Waals surface area contributed by atoms with Crippen molar-refractivity contribution in [2.24, 2.45) is 5.14 Å². The first kappa shape index (κ1) is 15.0. The van der Waals surface area contributed by atoms with Crippen molar-refractivity contribution in [2.45, 2.75) is 14.7 Å². The van der Waals surface area contributed by atoms with E-state index >= 15 is 0 Å². The minimum atomic E-state index is -3.95. The molecule has 0 atom stereocenters. The lowest BCUT2D eigenvalue weighted by Crippen LogP contribution is -2.12. The summed E-state index contributed by atoms with van der Waals surface area (Å²) in [7, 11) is -3.95. The fourth-order valence-corrected chi connectivity index (χ4v) is 3.62. The van der Waals surface area contributed by atoms with Crippen molar-refractivity contribution in [1.82, 2.24) is 0 Å². The van der Waals surface area contributed by atoms with Crippen LogP contribution in [0.4, 0.5) is 4.39 Å². The Hall–Kier alpha value is -1.42. The number of halogens is 1. The number of rotatable bonds is 4. The van der Waals surface area contributed by atoms with Crippen LogP contribution in [-0.4, -0.2) is 19.5 Å². The molecule has 0 radical (unpaired) electrons. The number of sulfonamides is 1. The lowest BCUT2D eigenvalue weighted by atomic mass is 10.3. The summed E-state index contributed by atoms with van der Waals surface area (Å²) in [6, 6.07) is 4.75. The van der Waals surface area contributed by atoms with Crippen LogP contribution in [0.5, 0.6) is 0 Å². The molecule has 0 spiro atoms. The smallest absolute Gasteiger partial charge is 0.345 e. The van der Waals surface area contributed by atoms with Crippen molar-refractivity contribution < 1.29 is 22.7 Å². The third-order valence-corrected chi connectivity index (χ3v) is 5.25. The third-order valence-electron chi connectivity index (χ3n) is 2.25. The molecule has 106 valence electrons. The topological polar surface area (TPSA) is 97.5 Å². The predicted octanol–water partition coefficient (Wildman–Crippen LogP) is 2.38. The standard InChI is InChI=1S/C11H8FNO4S3/c12-8-4-7(20(13,16)17)1-2-9(8)19-6-3-10(11(14)15)18-5-6/h1-5H,(H,14,15)(H2,13,16,17). The highest BCUT2D eigenvalue weighted by Gasteiger charge is 2.14. The van der Waals surface area contributed by atoms with Gasteiger partial charge in [0.25, 0.3) is 0 Å². The summed E-state index contributed by atoms with van der Waals surface area (Å²) < 4.78 is 35.9. The van der Waals surface area contributed by atoms with Gasteiger partial charge in [0.1, 0.15) is 10.7 Å². The van der Waals surface area contributed by atoms with Crippen LogP contribution in [0.1, 0.15) is 9.67 Å². The van der Waals surface area contributed by atoms with E-state index in [-0.39, 0.29) is 14.7 Å². The van der Waals surface area contributed by atoms with Crippen LogP contribution < -0.4 is 5.14 Å². The lowest BCUT2D eigenvalue weighted by Gasteiger charge is -2.03. The van der Waals surface area contributed by atoms with E-state index in [2.05, 4.69) is 0 Å². The van der Waals surface area contributed by atoms with Crippen molar-refractivity contribution in [2.75, 3.05) is 0 Å². The van der Waals surface area contributed by atoms with Crippen LogP contribution in [0.25, 0.3) is 0 Å². The van der Waals surface area contributed by atoms with Gasteiger partial charge in [0, 0.05) is 15.2 Å². The molecular formula is C11H8FNO4S3. The summed E-state index contributed by atoms with van der Waals surface area (Å²) in [5.74, 6) is -1.78. The summed E-state index contributed by atoms with van der Waals surface area (Å²) in [5, 5.41) is 15.3. The second-order valence-corrected chi connectivity index (χ2v) is 7.28. The first-order valence-corrected chi connectivity index (χ1v) is 8.33. The molecule has 0 fully saturated rings. The Balaban J connectivity index is 2.28. The second-order valence-electron chi connectivity index (χ2n) is 3.69. The molecule has 2 aromatic rings. The van der Waals surface area contributed by atoms with E-state index in [1.807, 2.05) is 0 Å². The first-order valence-electron chi connectivity index (χ1n) is 5.09. The summed E-state index contributed by atoms with van der Waals surface area (Å²) >= 11 is 2.04. The molecule has 1 aromatic heterocycles. The average molecular weight is 333 g/mol. The molecule has 5 nitrogen and oxygen atoms in total. The maximum absolute atomic E-state index is 13.8. The van der Waals surface area contributed by atoms with E-state index in [4.69, 9.17) is 10.2 Å². The van der Waals surface area contributed by atoms with E-state index in [9.17, 15) is 17.6 Å². The molecule has 0 aliphatic carbocycles. The molecule has 0 saturated heterocycles. The molecule has 20 heavy (non-hydrogen) atoms. The predicted molar refractivity (Wildman–Crippen MR) is 73.2 cm³/mol. The van der Waals surface area contributed by atoms with Crippen LogP contribution in [0, 0.1) is 5.82 Å².